The van der Waals surface area contributed by atoms with E-state index in [0.717, 1.165) is 23.3 Å². The van der Waals surface area contributed by atoms with Gasteiger partial charge in [0.15, 0.2) is 0 Å². The summed E-state index contributed by atoms with van der Waals surface area (Å²) in [5, 5.41) is 2.12. The van der Waals surface area contributed by atoms with Crippen LogP contribution in [0.25, 0.3) is 0 Å². The molecular weight excluding hydrogens is 296 g/mol. The Bertz CT molecular complexity index is 482. The molecule has 0 aromatic carbocycles. The molecule has 4 heteroatoms. The third kappa shape index (κ3) is 3.30. The maximum Gasteiger partial charge on any atom is 0.128 e. The van der Waals surface area contributed by atoms with E-state index in [2.05, 4.69) is 63.4 Å². The zero-order chi connectivity index (χ0) is 12.3. The average molecular weight is 311 g/mol. The van der Waals surface area contributed by atoms with E-state index in [9.17, 15) is 0 Å². The first-order valence-electron chi connectivity index (χ1n) is 5.52. The van der Waals surface area contributed by atoms with E-state index in [1.807, 2.05) is 17.5 Å². The third-order valence-corrected chi connectivity index (χ3v) is 4.46. The van der Waals surface area contributed by atoms with Gasteiger partial charge >= 0.3 is 0 Å². The Morgan fingerprint density at radius 2 is 2.29 bits per heavy atom. The Morgan fingerprint density at radius 1 is 1.47 bits per heavy atom. The highest BCUT2D eigenvalue weighted by Crippen LogP contribution is 2.19. The second-order valence-electron chi connectivity index (χ2n) is 4.04. The molecule has 0 radical (unpaired) electrons. The number of hydrogen-bond donors (Lipinski definition) is 0. The molecule has 0 aliphatic carbocycles. The van der Waals surface area contributed by atoms with Crippen molar-refractivity contribution < 1.29 is 0 Å². The van der Waals surface area contributed by atoms with Gasteiger partial charge in [-0.15, -0.1) is 11.3 Å². The summed E-state index contributed by atoms with van der Waals surface area (Å²) in [5.74, 6) is 1.03. The van der Waals surface area contributed by atoms with Crippen LogP contribution in [0.3, 0.4) is 0 Å². The fourth-order valence-corrected chi connectivity index (χ4v) is 2.50. The molecule has 2 heterocycles. The molecule has 0 N–H and O–H groups in total. The lowest BCUT2D eigenvalue weighted by molar-refractivity contribution is 0.867. The second-order valence-corrected chi connectivity index (χ2v) is 5.93. The molecule has 17 heavy (non-hydrogen) atoms. The first-order valence-corrected chi connectivity index (χ1v) is 7.20. The molecule has 0 unspecified atom stereocenters. The number of aromatic nitrogens is 1. The van der Waals surface area contributed by atoms with Crippen LogP contribution in [0.5, 0.6) is 0 Å². The molecule has 0 amide bonds. The predicted octanol–water partition coefficient (Wildman–Crippen LogP) is 3.89. The quantitative estimate of drug-likeness (QED) is 0.851. The molecule has 2 nitrogen and oxygen atoms in total. The Morgan fingerprint density at radius 3 is 2.94 bits per heavy atom. The van der Waals surface area contributed by atoms with Crippen LogP contribution in [0.1, 0.15) is 10.4 Å². The standard InChI is InChI=1S/C13H15BrN2S/c1-10-8-13(15-9-12(10)14)16(2)6-5-11-4-3-7-17-11/h3-4,7-9H,5-6H2,1-2H3. The zero-order valence-electron chi connectivity index (χ0n) is 9.98. The minimum Gasteiger partial charge on any atom is -0.359 e. The minimum absolute atomic E-state index is 0.995. The maximum absolute atomic E-state index is 4.42. The van der Waals surface area contributed by atoms with Crippen molar-refractivity contribution >= 4 is 33.1 Å². The molecule has 0 atom stereocenters. The Hall–Kier alpha value is -0.870. The molecule has 2 rings (SSSR count). The molecule has 2 aromatic heterocycles. The highest BCUT2D eigenvalue weighted by atomic mass is 79.9. The summed E-state index contributed by atoms with van der Waals surface area (Å²) in [6.07, 6.45) is 2.94. The largest absolute Gasteiger partial charge is 0.359 e. The van der Waals surface area contributed by atoms with Gasteiger partial charge in [0.2, 0.25) is 0 Å². The molecule has 0 spiro atoms. The van der Waals surface area contributed by atoms with Crippen LogP contribution in [-0.4, -0.2) is 18.6 Å². The van der Waals surface area contributed by atoms with Gasteiger partial charge in [0.05, 0.1) is 0 Å². The van der Waals surface area contributed by atoms with Crippen molar-refractivity contribution in [1.29, 1.82) is 0 Å². The monoisotopic (exact) mass is 310 g/mol. The van der Waals surface area contributed by atoms with Crippen LogP contribution < -0.4 is 4.90 Å². The lowest BCUT2D eigenvalue weighted by Crippen LogP contribution is -2.21. The van der Waals surface area contributed by atoms with Crippen LogP contribution in [0, 0.1) is 6.92 Å². The number of halogens is 1. The van der Waals surface area contributed by atoms with Crippen LogP contribution in [0.15, 0.2) is 34.2 Å². The van der Waals surface area contributed by atoms with E-state index < -0.39 is 0 Å². The van der Waals surface area contributed by atoms with Crippen molar-refractivity contribution in [3.8, 4) is 0 Å². The average Bonchev–Trinajstić information content (AvgIpc) is 2.82. The normalized spacial score (nSPS) is 10.5. The Kier molecular flexibility index (Phi) is 4.18. The smallest absolute Gasteiger partial charge is 0.128 e. The molecule has 90 valence electrons. The van der Waals surface area contributed by atoms with E-state index in [1.165, 1.54) is 10.4 Å². The molecule has 0 fully saturated rings. The number of anilines is 1. The van der Waals surface area contributed by atoms with E-state index in [1.54, 1.807) is 0 Å². The number of thiophene rings is 1. The summed E-state index contributed by atoms with van der Waals surface area (Å²) in [7, 11) is 2.09. The zero-order valence-corrected chi connectivity index (χ0v) is 12.4. The van der Waals surface area contributed by atoms with Gasteiger partial charge in [-0.2, -0.15) is 0 Å². The van der Waals surface area contributed by atoms with Gasteiger partial charge < -0.3 is 4.90 Å². The minimum atomic E-state index is 0.995. The lowest BCUT2D eigenvalue weighted by Gasteiger charge is -2.18. The Balaban J connectivity index is 1.99. The van der Waals surface area contributed by atoms with Crippen LogP contribution >= 0.6 is 27.3 Å². The van der Waals surface area contributed by atoms with Gasteiger partial charge in [0, 0.05) is 29.1 Å². The van der Waals surface area contributed by atoms with Crippen LogP contribution in [-0.2, 0) is 6.42 Å². The first kappa shape index (κ1) is 12.6. The van der Waals surface area contributed by atoms with Crippen molar-refractivity contribution in [2.75, 3.05) is 18.5 Å². The third-order valence-electron chi connectivity index (χ3n) is 2.70. The van der Waals surface area contributed by atoms with E-state index in [4.69, 9.17) is 0 Å². The van der Waals surface area contributed by atoms with E-state index in [-0.39, 0.29) is 0 Å². The fourth-order valence-electron chi connectivity index (χ4n) is 1.58. The molecule has 0 bridgehead atoms. The highest BCUT2D eigenvalue weighted by molar-refractivity contribution is 9.10. The molecule has 0 saturated heterocycles. The summed E-state index contributed by atoms with van der Waals surface area (Å²) in [6.45, 7) is 3.08. The van der Waals surface area contributed by atoms with Crippen molar-refractivity contribution in [3.63, 3.8) is 0 Å². The summed E-state index contributed by atoms with van der Waals surface area (Å²) >= 11 is 5.28. The van der Waals surface area contributed by atoms with Gasteiger partial charge in [-0.3, -0.25) is 0 Å². The molecule has 0 aliphatic rings. The maximum atomic E-state index is 4.42. The number of hydrogen-bond acceptors (Lipinski definition) is 3. The van der Waals surface area contributed by atoms with E-state index >= 15 is 0 Å². The predicted molar refractivity (Wildman–Crippen MR) is 78.0 cm³/mol. The summed E-state index contributed by atoms with van der Waals surface area (Å²) in [4.78, 5) is 8.04. The van der Waals surface area contributed by atoms with Gasteiger partial charge in [0.25, 0.3) is 0 Å². The van der Waals surface area contributed by atoms with Gasteiger partial charge in [-0.25, -0.2) is 4.98 Å². The fraction of sp³-hybridized carbons (Fsp3) is 0.308. The van der Waals surface area contributed by atoms with Crippen molar-refractivity contribution in [2.24, 2.45) is 0 Å². The number of nitrogens with zero attached hydrogens (tertiary/aromatic N) is 2. The van der Waals surface area contributed by atoms with E-state index in [0.29, 0.717) is 0 Å². The second kappa shape index (κ2) is 5.65. The van der Waals surface area contributed by atoms with Crippen LogP contribution in [0.2, 0.25) is 0 Å². The van der Waals surface area contributed by atoms with Gasteiger partial charge in [-0.05, 0) is 52.4 Å². The number of aryl methyl sites for hydroxylation is 1. The van der Waals surface area contributed by atoms with Crippen LogP contribution in [0.4, 0.5) is 5.82 Å². The van der Waals surface area contributed by atoms with Gasteiger partial charge in [0.1, 0.15) is 5.82 Å². The molecule has 0 saturated carbocycles. The summed E-state index contributed by atoms with van der Waals surface area (Å²) in [6, 6.07) is 6.39. The molecule has 0 aliphatic heterocycles. The SMILES string of the molecule is Cc1cc(N(C)CCc2cccs2)ncc1Br. The van der Waals surface area contributed by atoms with Crippen molar-refractivity contribution in [2.45, 2.75) is 13.3 Å². The number of likely N-dealkylation sites (N-methyl/N-ethyl adjacent to an activating group) is 1. The Labute approximate surface area is 114 Å². The number of pyridine rings is 1. The summed E-state index contributed by atoms with van der Waals surface area (Å²) in [5.41, 5.74) is 1.22. The topological polar surface area (TPSA) is 16.1 Å². The number of rotatable bonds is 4. The first-order chi connectivity index (χ1) is 8.16. The lowest BCUT2D eigenvalue weighted by atomic mass is 10.3. The van der Waals surface area contributed by atoms with Crippen molar-refractivity contribution in [1.82, 2.24) is 4.98 Å². The highest BCUT2D eigenvalue weighted by Gasteiger charge is 2.05. The molecular formula is C13H15BrN2S. The summed E-state index contributed by atoms with van der Waals surface area (Å²) < 4.78 is 1.06. The molecule has 2 aromatic rings. The van der Waals surface area contributed by atoms with Crippen molar-refractivity contribution in [3.05, 3.63) is 44.7 Å². The van der Waals surface area contributed by atoms with Gasteiger partial charge in [-0.1, -0.05) is 6.07 Å².